The molecule has 0 aromatic carbocycles. The highest BCUT2D eigenvalue weighted by molar-refractivity contribution is 7.90. The molecule has 0 saturated heterocycles. The lowest BCUT2D eigenvalue weighted by molar-refractivity contribution is 0.0671. The summed E-state index contributed by atoms with van der Waals surface area (Å²) in [5.41, 5.74) is 0. The van der Waals surface area contributed by atoms with Crippen molar-refractivity contribution in [3.05, 3.63) is 23.1 Å². The minimum atomic E-state index is -5.82. The molecule has 0 spiro atoms. The molecular weight excluding hydrogens is 231 g/mol. The smallest absolute Gasteiger partial charge is 0.197 e. The highest BCUT2D eigenvalue weighted by atomic mass is 32.3. The molecule has 0 aliphatic heterocycles. The van der Waals surface area contributed by atoms with Crippen molar-refractivity contribution in [3.63, 3.8) is 0 Å². The Morgan fingerprint density at radius 1 is 1.07 bits per heavy atom. The van der Waals surface area contributed by atoms with Crippen molar-refractivity contribution in [1.82, 2.24) is 0 Å². The maximum Gasteiger partial charge on any atom is 0.334 e. The average Bonchev–Trinajstić information content (AvgIpc) is 1.93. The summed E-state index contributed by atoms with van der Waals surface area (Å²) in [7, 11) is -5.82. The van der Waals surface area contributed by atoms with Crippen LogP contribution in [-0.2, 0) is 10.2 Å². The molecule has 8 heteroatoms. The van der Waals surface area contributed by atoms with Gasteiger partial charge in [-0.15, -0.1) is 3.89 Å². The highest BCUT2D eigenvalue weighted by Gasteiger charge is 2.47. The van der Waals surface area contributed by atoms with E-state index in [4.69, 9.17) is 0 Å². The second-order valence-corrected chi connectivity index (χ2v) is 3.89. The summed E-state index contributed by atoms with van der Waals surface area (Å²) in [4.78, 5) is -2.22. The van der Waals surface area contributed by atoms with E-state index in [0.717, 1.165) is 0 Å². The minimum Gasteiger partial charge on any atom is -0.197 e. The third-order valence-electron chi connectivity index (χ3n) is 1.43. The lowest BCUT2D eigenvalue weighted by Gasteiger charge is -2.20. The molecular formula is C6H3F5O2S. The van der Waals surface area contributed by atoms with Gasteiger partial charge in [0.15, 0.2) is 4.91 Å². The molecule has 0 bridgehead atoms. The van der Waals surface area contributed by atoms with Crippen molar-refractivity contribution in [1.29, 1.82) is 0 Å². The van der Waals surface area contributed by atoms with Gasteiger partial charge in [0.2, 0.25) is 0 Å². The van der Waals surface area contributed by atoms with Crippen LogP contribution in [0, 0.1) is 0 Å². The van der Waals surface area contributed by atoms with Crippen molar-refractivity contribution < 1.29 is 29.9 Å². The lowest BCUT2D eigenvalue weighted by atomic mass is 10.1. The van der Waals surface area contributed by atoms with Crippen LogP contribution in [0.2, 0.25) is 0 Å². The van der Waals surface area contributed by atoms with E-state index in [-0.39, 0.29) is 12.2 Å². The molecule has 1 rings (SSSR count). The van der Waals surface area contributed by atoms with E-state index < -0.39 is 33.0 Å². The molecule has 0 aromatic rings. The third kappa shape index (κ3) is 2.11. The Hall–Kier alpha value is -0.920. The number of alkyl halides is 4. The lowest BCUT2D eigenvalue weighted by Crippen LogP contribution is -2.28. The number of hydrogen-bond donors (Lipinski definition) is 0. The van der Waals surface area contributed by atoms with Crippen LogP contribution in [0.5, 0.6) is 0 Å². The predicted molar refractivity (Wildman–Crippen MR) is 37.1 cm³/mol. The molecule has 0 fully saturated rings. The summed E-state index contributed by atoms with van der Waals surface area (Å²) in [5, 5.41) is 0. The fraction of sp³-hybridized carbons (Fsp3) is 0.333. The van der Waals surface area contributed by atoms with Gasteiger partial charge < -0.3 is 0 Å². The van der Waals surface area contributed by atoms with E-state index in [1.807, 2.05) is 0 Å². The Bertz CT molecular complexity index is 406. The van der Waals surface area contributed by atoms with Crippen LogP contribution in [0.15, 0.2) is 23.1 Å². The zero-order valence-electron chi connectivity index (χ0n) is 6.35. The second kappa shape index (κ2) is 2.78. The first-order valence-electron chi connectivity index (χ1n) is 3.19. The van der Waals surface area contributed by atoms with Crippen LogP contribution in [0.1, 0.15) is 0 Å². The Morgan fingerprint density at radius 2 is 1.57 bits per heavy atom. The molecule has 0 N–H and O–H groups in total. The Labute approximate surface area is 75.9 Å². The topological polar surface area (TPSA) is 34.1 Å². The van der Waals surface area contributed by atoms with E-state index in [1.54, 1.807) is 0 Å². The Kier molecular flexibility index (Phi) is 2.22. The van der Waals surface area contributed by atoms with Crippen molar-refractivity contribution in [3.8, 4) is 0 Å². The van der Waals surface area contributed by atoms with Gasteiger partial charge in [0.25, 0.3) is 5.92 Å². The van der Waals surface area contributed by atoms with Gasteiger partial charge in [-0.05, 0) is 12.2 Å². The molecule has 0 atom stereocenters. The Morgan fingerprint density at radius 3 is 1.93 bits per heavy atom. The zero-order chi connectivity index (χ0) is 11.2. The summed E-state index contributed by atoms with van der Waals surface area (Å²) < 4.78 is 82.4. The molecule has 80 valence electrons. The minimum absolute atomic E-state index is 0.193. The largest absolute Gasteiger partial charge is 0.334 e. The maximum atomic E-state index is 12.6. The summed E-state index contributed by atoms with van der Waals surface area (Å²) in [5.74, 6) is -8.11. The number of hydrogen-bond acceptors (Lipinski definition) is 2. The van der Waals surface area contributed by atoms with E-state index in [0.29, 0.717) is 0 Å². The maximum absolute atomic E-state index is 12.6. The monoisotopic (exact) mass is 234 g/mol. The first kappa shape index (κ1) is 11.2. The van der Waals surface area contributed by atoms with Gasteiger partial charge in [-0.1, -0.05) is 0 Å². The van der Waals surface area contributed by atoms with Crippen LogP contribution in [0.3, 0.4) is 0 Å². The molecule has 1 aliphatic carbocycles. The van der Waals surface area contributed by atoms with E-state index >= 15 is 0 Å². The van der Waals surface area contributed by atoms with Crippen molar-refractivity contribution in [2.75, 3.05) is 0 Å². The third-order valence-corrected chi connectivity index (χ3v) is 2.34. The summed E-state index contributed by atoms with van der Waals surface area (Å²) in [6.07, 6.45) is -1.15. The van der Waals surface area contributed by atoms with Crippen LogP contribution in [-0.4, -0.2) is 20.3 Å². The van der Waals surface area contributed by atoms with Gasteiger partial charge >= 0.3 is 16.1 Å². The van der Waals surface area contributed by atoms with Gasteiger partial charge in [0, 0.05) is 6.08 Å². The number of allylic oxidation sites excluding steroid dienone is 4. The molecule has 0 heterocycles. The second-order valence-electron chi connectivity index (χ2n) is 2.58. The van der Waals surface area contributed by atoms with Gasteiger partial charge in [0.1, 0.15) is 0 Å². The van der Waals surface area contributed by atoms with E-state index in [1.165, 1.54) is 0 Å². The normalized spacial score (nSPS) is 24.5. The van der Waals surface area contributed by atoms with Crippen LogP contribution in [0.4, 0.5) is 21.4 Å². The van der Waals surface area contributed by atoms with Gasteiger partial charge in [-0.3, -0.25) is 0 Å². The fourth-order valence-electron chi connectivity index (χ4n) is 0.850. The fourth-order valence-corrected chi connectivity index (χ4v) is 1.54. The van der Waals surface area contributed by atoms with Crippen molar-refractivity contribution in [2.45, 2.75) is 11.8 Å². The number of halogens is 5. The van der Waals surface area contributed by atoms with E-state index in [9.17, 15) is 29.9 Å². The molecule has 14 heavy (non-hydrogen) atoms. The quantitative estimate of drug-likeness (QED) is 0.395. The van der Waals surface area contributed by atoms with Crippen molar-refractivity contribution >= 4 is 10.2 Å². The highest BCUT2D eigenvalue weighted by Crippen LogP contribution is 2.38. The molecule has 2 nitrogen and oxygen atoms in total. The van der Waals surface area contributed by atoms with Crippen molar-refractivity contribution in [2.24, 2.45) is 0 Å². The van der Waals surface area contributed by atoms with Gasteiger partial charge in [0.05, 0.1) is 0 Å². The van der Waals surface area contributed by atoms with Crippen LogP contribution < -0.4 is 0 Å². The Balaban J connectivity index is 3.33. The molecule has 0 aromatic heterocycles. The average molecular weight is 234 g/mol. The first-order chi connectivity index (χ1) is 6.05. The first-order valence-corrected chi connectivity index (χ1v) is 4.57. The predicted octanol–water partition coefficient (Wildman–Crippen LogP) is 2.01. The zero-order valence-corrected chi connectivity index (χ0v) is 7.16. The summed E-state index contributed by atoms with van der Waals surface area (Å²) in [6, 6.07) is 0. The molecule has 0 radical (unpaired) electrons. The number of rotatable bonds is 1. The summed E-state index contributed by atoms with van der Waals surface area (Å²) in [6.45, 7) is 0. The summed E-state index contributed by atoms with van der Waals surface area (Å²) >= 11 is 0. The molecule has 0 amide bonds. The standard InChI is InChI=1S/C6H3F5O2S/c7-5(8)1-2-6(9,10)4(3-5)14(11,12)13/h1-3H. The van der Waals surface area contributed by atoms with E-state index in [2.05, 4.69) is 0 Å². The molecule has 1 aliphatic rings. The van der Waals surface area contributed by atoms with Gasteiger partial charge in [-0.2, -0.15) is 26.0 Å². The van der Waals surface area contributed by atoms with Gasteiger partial charge in [-0.25, -0.2) is 0 Å². The molecule has 0 unspecified atom stereocenters. The van der Waals surface area contributed by atoms with Crippen LogP contribution in [0.25, 0.3) is 0 Å². The molecule has 0 saturated carbocycles. The van der Waals surface area contributed by atoms with Crippen LogP contribution >= 0.6 is 0 Å². The SMILES string of the molecule is O=S(=O)(F)C1=CC(F)(F)C=CC1(F)F.